The first-order valence-corrected chi connectivity index (χ1v) is 7.98. The molecule has 3 aromatic rings. The lowest BCUT2D eigenvalue weighted by Gasteiger charge is -2.15. The third kappa shape index (κ3) is 3.42. The molecule has 6 heteroatoms. The molecule has 0 atom stereocenters. The Morgan fingerprint density at radius 1 is 1.08 bits per heavy atom. The van der Waals surface area contributed by atoms with Crippen molar-refractivity contribution in [3.63, 3.8) is 0 Å². The second-order valence-electron chi connectivity index (χ2n) is 6.70. The van der Waals surface area contributed by atoms with Gasteiger partial charge in [-0.05, 0) is 36.4 Å². The van der Waals surface area contributed by atoms with Crippen LogP contribution in [0, 0.1) is 0 Å². The Bertz CT molecular complexity index is 934. The summed E-state index contributed by atoms with van der Waals surface area (Å²) in [6, 6.07) is 12.6. The number of nitrogens with zero attached hydrogens (tertiary/aromatic N) is 4. The van der Waals surface area contributed by atoms with Gasteiger partial charge in [-0.2, -0.15) is 0 Å². The van der Waals surface area contributed by atoms with Gasteiger partial charge in [-0.15, -0.1) is 10.2 Å². The van der Waals surface area contributed by atoms with Gasteiger partial charge in [-0.1, -0.05) is 26.8 Å². The minimum Gasteiger partial charge on any atom is -0.465 e. The van der Waals surface area contributed by atoms with Crippen LogP contribution in [0.4, 0.5) is 11.5 Å². The van der Waals surface area contributed by atoms with Gasteiger partial charge in [0.05, 0.1) is 24.1 Å². The van der Waals surface area contributed by atoms with Crippen LogP contribution in [0.2, 0.25) is 0 Å². The molecule has 0 bridgehead atoms. The van der Waals surface area contributed by atoms with Crippen LogP contribution in [0.25, 0.3) is 5.65 Å². The Hall–Kier alpha value is -3.02. The zero-order valence-corrected chi connectivity index (χ0v) is 14.7. The van der Waals surface area contributed by atoms with E-state index in [1.165, 1.54) is 7.11 Å². The van der Waals surface area contributed by atoms with Crippen LogP contribution in [-0.4, -0.2) is 22.5 Å². The van der Waals surface area contributed by atoms with Crippen molar-refractivity contribution < 1.29 is 9.53 Å². The first kappa shape index (κ1) is 16.8. The fourth-order valence-corrected chi connectivity index (χ4v) is 2.47. The second kappa shape index (κ2) is 6.47. The third-order valence-electron chi connectivity index (χ3n) is 3.76. The molecule has 6 nitrogen and oxygen atoms in total. The summed E-state index contributed by atoms with van der Waals surface area (Å²) in [5.74, 6) is 0.334. The number of ether oxygens (including phenoxy) is 1. The summed E-state index contributed by atoms with van der Waals surface area (Å²) in [7, 11) is 1.36. The Morgan fingerprint density at radius 3 is 2.44 bits per heavy atom. The van der Waals surface area contributed by atoms with Crippen LogP contribution in [0.5, 0.6) is 0 Å². The maximum Gasteiger partial charge on any atom is 0.337 e. The minimum absolute atomic E-state index is 0.158. The molecule has 0 aliphatic rings. The summed E-state index contributed by atoms with van der Waals surface area (Å²) in [6.07, 6.45) is 1.92. The van der Waals surface area contributed by atoms with Crippen molar-refractivity contribution in [2.24, 2.45) is 10.2 Å². The highest BCUT2D eigenvalue weighted by Crippen LogP contribution is 2.33. The minimum atomic E-state index is -0.375. The summed E-state index contributed by atoms with van der Waals surface area (Å²) in [5.41, 5.74) is 2.69. The van der Waals surface area contributed by atoms with E-state index in [2.05, 4.69) is 31.0 Å². The lowest BCUT2D eigenvalue weighted by Crippen LogP contribution is -2.11. The van der Waals surface area contributed by atoms with Crippen molar-refractivity contribution in [2.75, 3.05) is 7.11 Å². The van der Waals surface area contributed by atoms with Gasteiger partial charge in [0.1, 0.15) is 5.65 Å². The zero-order valence-electron chi connectivity index (χ0n) is 14.7. The smallest absolute Gasteiger partial charge is 0.337 e. The number of esters is 1. The molecule has 2 aromatic heterocycles. The molecule has 0 unspecified atom stereocenters. The van der Waals surface area contributed by atoms with E-state index in [-0.39, 0.29) is 11.4 Å². The van der Waals surface area contributed by atoms with Crippen LogP contribution in [0.3, 0.4) is 0 Å². The molecule has 0 fully saturated rings. The van der Waals surface area contributed by atoms with Gasteiger partial charge in [-0.25, -0.2) is 9.78 Å². The average molecular weight is 336 g/mol. The molecule has 0 spiro atoms. The van der Waals surface area contributed by atoms with Crippen molar-refractivity contribution in [3.8, 4) is 0 Å². The van der Waals surface area contributed by atoms with E-state index in [1.54, 1.807) is 24.3 Å². The van der Waals surface area contributed by atoms with Crippen LogP contribution >= 0.6 is 0 Å². The first-order valence-electron chi connectivity index (χ1n) is 7.98. The van der Waals surface area contributed by atoms with Crippen LogP contribution in [0.15, 0.2) is 58.9 Å². The van der Waals surface area contributed by atoms with E-state index in [4.69, 9.17) is 9.72 Å². The lowest BCUT2D eigenvalue weighted by molar-refractivity contribution is 0.0601. The van der Waals surface area contributed by atoms with Gasteiger partial charge in [-0.3, -0.25) is 4.40 Å². The van der Waals surface area contributed by atoms with E-state index in [1.807, 2.05) is 28.8 Å². The fraction of sp³-hybridized carbons (Fsp3) is 0.263. The number of methoxy groups -OCH3 is 1. The van der Waals surface area contributed by atoms with Gasteiger partial charge in [0.2, 0.25) is 0 Å². The topological polar surface area (TPSA) is 68.3 Å². The molecule has 0 amide bonds. The number of rotatable bonds is 3. The molecule has 0 saturated heterocycles. The second-order valence-corrected chi connectivity index (χ2v) is 6.70. The number of fused-ring (bicyclic) bond motifs is 1. The molecular formula is C19H20N4O2. The van der Waals surface area contributed by atoms with Crippen molar-refractivity contribution in [2.45, 2.75) is 26.2 Å². The molecule has 25 heavy (non-hydrogen) atoms. The quantitative estimate of drug-likeness (QED) is 0.508. The number of carbonyl (C=O) groups excluding carboxylic acids is 1. The molecule has 0 saturated carbocycles. The van der Waals surface area contributed by atoms with E-state index in [0.29, 0.717) is 17.1 Å². The van der Waals surface area contributed by atoms with E-state index < -0.39 is 0 Å². The number of hydrogen-bond donors (Lipinski definition) is 0. The number of aromatic nitrogens is 2. The fourth-order valence-electron chi connectivity index (χ4n) is 2.47. The van der Waals surface area contributed by atoms with Crippen LogP contribution in [-0.2, 0) is 10.2 Å². The Kier molecular flexibility index (Phi) is 4.35. The SMILES string of the molecule is COC(=O)c1ccc(N=Nc2c(C(C)(C)C)nc3ccccn23)cc1. The number of benzene rings is 1. The standard InChI is InChI=1S/C19H20N4O2/c1-19(2,3)16-17(23-12-6-5-7-15(23)20-16)22-21-14-10-8-13(9-11-14)18(24)25-4/h5-12H,1-4H3. The number of pyridine rings is 1. The first-order chi connectivity index (χ1) is 11.9. The monoisotopic (exact) mass is 336 g/mol. The highest BCUT2D eigenvalue weighted by atomic mass is 16.5. The molecule has 2 heterocycles. The molecule has 0 N–H and O–H groups in total. The summed E-state index contributed by atoms with van der Waals surface area (Å²) in [6.45, 7) is 6.29. The lowest BCUT2D eigenvalue weighted by atomic mass is 9.92. The summed E-state index contributed by atoms with van der Waals surface area (Å²) >= 11 is 0. The summed E-state index contributed by atoms with van der Waals surface area (Å²) in [5, 5.41) is 8.75. The van der Waals surface area contributed by atoms with Crippen molar-refractivity contribution >= 4 is 23.1 Å². The number of azo groups is 1. The van der Waals surface area contributed by atoms with Gasteiger partial charge < -0.3 is 4.74 Å². The van der Waals surface area contributed by atoms with E-state index in [9.17, 15) is 4.79 Å². The number of hydrogen-bond acceptors (Lipinski definition) is 5. The maximum atomic E-state index is 11.5. The Balaban J connectivity index is 1.99. The predicted molar refractivity (Wildman–Crippen MR) is 95.8 cm³/mol. The van der Waals surface area contributed by atoms with E-state index >= 15 is 0 Å². The summed E-state index contributed by atoms with van der Waals surface area (Å²) < 4.78 is 6.62. The molecule has 128 valence electrons. The molecule has 0 aliphatic heterocycles. The molecule has 3 rings (SSSR count). The summed E-state index contributed by atoms with van der Waals surface area (Å²) in [4.78, 5) is 16.2. The van der Waals surface area contributed by atoms with Gasteiger partial charge >= 0.3 is 5.97 Å². The molecule has 1 aromatic carbocycles. The van der Waals surface area contributed by atoms with Crippen LogP contribution < -0.4 is 0 Å². The van der Waals surface area contributed by atoms with Crippen LogP contribution in [0.1, 0.15) is 36.8 Å². The van der Waals surface area contributed by atoms with E-state index in [0.717, 1.165) is 11.3 Å². The highest BCUT2D eigenvalue weighted by Gasteiger charge is 2.24. The molecular weight excluding hydrogens is 316 g/mol. The average Bonchev–Trinajstić information content (AvgIpc) is 2.99. The molecule has 0 radical (unpaired) electrons. The maximum absolute atomic E-state index is 11.5. The van der Waals surface area contributed by atoms with Gasteiger partial charge in [0, 0.05) is 11.6 Å². The number of carbonyl (C=O) groups is 1. The van der Waals surface area contributed by atoms with Gasteiger partial charge in [0.15, 0.2) is 5.82 Å². The van der Waals surface area contributed by atoms with Crippen molar-refractivity contribution in [1.29, 1.82) is 0 Å². The largest absolute Gasteiger partial charge is 0.465 e. The third-order valence-corrected chi connectivity index (χ3v) is 3.76. The predicted octanol–water partition coefficient (Wildman–Crippen LogP) is 4.83. The van der Waals surface area contributed by atoms with Crippen molar-refractivity contribution in [1.82, 2.24) is 9.38 Å². The molecule has 0 aliphatic carbocycles. The number of imidazole rings is 1. The zero-order chi connectivity index (χ0) is 18.0. The Labute approximate surface area is 146 Å². The van der Waals surface area contributed by atoms with Gasteiger partial charge in [0.25, 0.3) is 0 Å². The Morgan fingerprint density at radius 2 is 1.80 bits per heavy atom. The normalized spacial score (nSPS) is 12.0. The highest BCUT2D eigenvalue weighted by molar-refractivity contribution is 5.89. The van der Waals surface area contributed by atoms with Crippen molar-refractivity contribution in [3.05, 3.63) is 59.9 Å².